The van der Waals surface area contributed by atoms with E-state index in [1.54, 1.807) is 17.9 Å². The van der Waals surface area contributed by atoms with Crippen LogP contribution >= 0.6 is 0 Å². The second kappa shape index (κ2) is 6.46. The van der Waals surface area contributed by atoms with Crippen molar-refractivity contribution in [1.29, 1.82) is 0 Å². The number of hydrogen-bond donors (Lipinski definition) is 3. The Morgan fingerprint density at radius 3 is 2.89 bits per heavy atom. The number of aliphatic hydroxyl groups is 1. The fourth-order valence-electron chi connectivity index (χ4n) is 1.55. The van der Waals surface area contributed by atoms with Crippen LogP contribution < -0.4 is 10.6 Å². The number of amides is 1. The van der Waals surface area contributed by atoms with E-state index in [2.05, 4.69) is 20.9 Å². The van der Waals surface area contributed by atoms with Crippen molar-refractivity contribution in [2.24, 2.45) is 5.41 Å². The Morgan fingerprint density at radius 2 is 2.28 bits per heavy atom. The molecule has 1 aromatic heterocycles. The molecule has 1 aromatic rings. The number of aromatic nitrogens is 3. The molecule has 0 bridgehead atoms. The Hall–Kier alpha value is -1.47. The van der Waals surface area contributed by atoms with Gasteiger partial charge in [-0.15, -0.1) is 5.10 Å². The molecule has 0 atom stereocenters. The topological polar surface area (TPSA) is 92.1 Å². The molecule has 1 amide bonds. The normalized spacial score (nSPS) is 11.6. The Bertz CT molecular complexity index is 389. The zero-order valence-electron chi connectivity index (χ0n) is 11.1. The van der Waals surface area contributed by atoms with E-state index in [9.17, 15) is 4.79 Å². The van der Waals surface area contributed by atoms with Crippen molar-refractivity contribution >= 4 is 5.91 Å². The summed E-state index contributed by atoms with van der Waals surface area (Å²) in [5, 5.41) is 22.4. The van der Waals surface area contributed by atoms with E-state index < -0.39 is 5.41 Å². The number of carbonyl (C=O) groups excluding carboxylic acids is 1. The van der Waals surface area contributed by atoms with Gasteiger partial charge in [-0.1, -0.05) is 5.21 Å². The number of nitrogens with zero attached hydrogens (tertiary/aromatic N) is 3. The first-order valence-electron chi connectivity index (χ1n) is 5.92. The van der Waals surface area contributed by atoms with Crippen LogP contribution in [0.15, 0.2) is 6.20 Å². The predicted octanol–water partition coefficient (Wildman–Crippen LogP) is -0.868. The summed E-state index contributed by atoms with van der Waals surface area (Å²) in [6.07, 6.45) is 1.77. The largest absolute Gasteiger partial charge is 0.394 e. The Labute approximate surface area is 107 Å². The van der Waals surface area contributed by atoms with Crippen molar-refractivity contribution in [2.75, 3.05) is 20.2 Å². The van der Waals surface area contributed by atoms with Gasteiger partial charge in [0.15, 0.2) is 0 Å². The Morgan fingerprint density at radius 1 is 1.56 bits per heavy atom. The molecule has 1 heterocycles. The van der Waals surface area contributed by atoms with E-state index in [1.165, 1.54) is 0 Å². The van der Waals surface area contributed by atoms with E-state index in [1.807, 2.05) is 13.8 Å². The van der Waals surface area contributed by atoms with Gasteiger partial charge in [0.05, 0.1) is 24.3 Å². The Kier molecular flexibility index (Phi) is 5.24. The van der Waals surface area contributed by atoms with E-state index in [0.717, 1.165) is 5.69 Å². The zero-order valence-corrected chi connectivity index (χ0v) is 11.1. The molecule has 0 aliphatic carbocycles. The third-order valence-corrected chi connectivity index (χ3v) is 2.63. The second-order valence-electron chi connectivity index (χ2n) is 4.76. The van der Waals surface area contributed by atoms with Crippen LogP contribution in [0.1, 0.15) is 19.5 Å². The first-order valence-corrected chi connectivity index (χ1v) is 5.92. The summed E-state index contributed by atoms with van der Waals surface area (Å²) in [6, 6.07) is 0. The number of nitrogens with one attached hydrogen (secondary N) is 2. The molecular weight excluding hydrogens is 234 g/mol. The van der Waals surface area contributed by atoms with Crippen LogP contribution in [0, 0.1) is 5.41 Å². The molecule has 0 radical (unpaired) electrons. The van der Waals surface area contributed by atoms with Crippen LogP contribution in [0.5, 0.6) is 0 Å². The summed E-state index contributed by atoms with van der Waals surface area (Å²) in [5.41, 5.74) is 0.326. The minimum absolute atomic E-state index is 0.000986. The van der Waals surface area contributed by atoms with Gasteiger partial charge in [0, 0.05) is 26.3 Å². The van der Waals surface area contributed by atoms with Crippen molar-refractivity contribution in [3.63, 3.8) is 0 Å². The van der Waals surface area contributed by atoms with Crippen LogP contribution in [-0.4, -0.2) is 46.2 Å². The first-order chi connectivity index (χ1) is 8.49. The summed E-state index contributed by atoms with van der Waals surface area (Å²) in [5.74, 6) is -0.000986. The van der Waals surface area contributed by atoms with Crippen LogP contribution in [0.3, 0.4) is 0 Å². The average Bonchev–Trinajstić information content (AvgIpc) is 2.76. The van der Waals surface area contributed by atoms with Crippen molar-refractivity contribution < 1.29 is 9.90 Å². The van der Waals surface area contributed by atoms with E-state index >= 15 is 0 Å². The van der Waals surface area contributed by atoms with Gasteiger partial charge in [0.2, 0.25) is 5.91 Å². The molecule has 18 heavy (non-hydrogen) atoms. The molecular formula is C11H21N5O2. The highest BCUT2D eigenvalue weighted by Gasteiger charge is 2.25. The summed E-state index contributed by atoms with van der Waals surface area (Å²) in [4.78, 5) is 11.6. The molecule has 0 saturated carbocycles. The highest BCUT2D eigenvalue weighted by Crippen LogP contribution is 2.13. The quantitative estimate of drug-likeness (QED) is 0.589. The average molecular weight is 255 g/mol. The predicted molar refractivity (Wildman–Crippen MR) is 66.7 cm³/mol. The molecule has 0 aromatic carbocycles. The van der Waals surface area contributed by atoms with Gasteiger partial charge in [0.1, 0.15) is 0 Å². The van der Waals surface area contributed by atoms with Crippen LogP contribution in [0.2, 0.25) is 0 Å². The van der Waals surface area contributed by atoms with Gasteiger partial charge in [-0.3, -0.25) is 4.79 Å². The molecule has 102 valence electrons. The first kappa shape index (κ1) is 14.6. The maximum absolute atomic E-state index is 11.6. The summed E-state index contributed by atoms with van der Waals surface area (Å²) in [6.45, 7) is 5.34. The van der Waals surface area contributed by atoms with E-state index in [-0.39, 0.29) is 12.5 Å². The van der Waals surface area contributed by atoms with Crippen molar-refractivity contribution in [3.8, 4) is 0 Å². The lowest BCUT2D eigenvalue weighted by Crippen LogP contribution is -2.41. The van der Waals surface area contributed by atoms with Gasteiger partial charge < -0.3 is 15.7 Å². The highest BCUT2D eigenvalue weighted by molar-refractivity contribution is 5.81. The van der Waals surface area contributed by atoms with Gasteiger partial charge in [0.25, 0.3) is 0 Å². The number of aliphatic hydroxyl groups excluding tert-OH is 1. The van der Waals surface area contributed by atoms with Gasteiger partial charge in [-0.05, 0) is 13.8 Å². The van der Waals surface area contributed by atoms with Crippen molar-refractivity contribution in [3.05, 3.63) is 11.9 Å². The van der Waals surface area contributed by atoms with E-state index in [0.29, 0.717) is 19.6 Å². The standard InChI is InChI=1S/C11H21N5O2/c1-11(2,10(18)12-3)8-13-6-9-7-16(4-5-17)15-14-9/h7,13,17H,4-6,8H2,1-3H3,(H,12,18). The summed E-state index contributed by atoms with van der Waals surface area (Å²) >= 11 is 0. The molecule has 7 heteroatoms. The van der Waals surface area contributed by atoms with Crippen LogP contribution in [0.4, 0.5) is 0 Å². The van der Waals surface area contributed by atoms with Crippen molar-refractivity contribution in [2.45, 2.75) is 26.9 Å². The molecule has 3 N–H and O–H groups in total. The molecule has 0 aliphatic heterocycles. The maximum atomic E-state index is 11.6. The lowest BCUT2D eigenvalue weighted by Gasteiger charge is -2.22. The molecule has 0 fully saturated rings. The van der Waals surface area contributed by atoms with Crippen molar-refractivity contribution in [1.82, 2.24) is 25.6 Å². The molecule has 0 unspecified atom stereocenters. The highest BCUT2D eigenvalue weighted by atomic mass is 16.3. The molecule has 1 rings (SSSR count). The van der Waals surface area contributed by atoms with E-state index in [4.69, 9.17) is 5.11 Å². The van der Waals surface area contributed by atoms with Crippen LogP contribution in [0.25, 0.3) is 0 Å². The maximum Gasteiger partial charge on any atom is 0.226 e. The minimum atomic E-state index is -0.462. The minimum Gasteiger partial charge on any atom is -0.394 e. The SMILES string of the molecule is CNC(=O)C(C)(C)CNCc1cn(CCO)nn1. The molecule has 0 aliphatic rings. The lowest BCUT2D eigenvalue weighted by atomic mass is 9.92. The third kappa shape index (κ3) is 4.08. The number of rotatable bonds is 7. The molecule has 0 saturated heterocycles. The smallest absolute Gasteiger partial charge is 0.226 e. The third-order valence-electron chi connectivity index (χ3n) is 2.63. The van der Waals surface area contributed by atoms with Gasteiger partial charge >= 0.3 is 0 Å². The lowest BCUT2D eigenvalue weighted by molar-refractivity contribution is -0.128. The van der Waals surface area contributed by atoms with Gasteiger partial charge in [-0.25, -0.2) is 4.68 Å². The monoisotopic (exact) mass is 255 g/mol. The number of carbonyl (C=O) groups is 1. The Balaban J connectivity index is 2.38. The zero-order chi connectivity index (χ0) is 13.6. The van der Waals surface area contributed by atoms with Gasteiger partial charge in [-0.2, -0.15) is 0 Å². The molecule has 7 nitrogen and oxygen atoms in total. The second-order valence-corrected chi connectivity index (χ2v) is 4.76. The van der Waals surface area contributed by atoms with Crippen LogP contribution in [-0.2, 0) is 17.9 Å². The number of hydrogen-bond acceptors (Lipinski definition) is 5. The summed E-state index contributed by atoms with van der Waals surface area (Å²) in [7, 11) is 1.63. The molecule has 0 spiro atoms. The fourth-order valence-corrected chi connectivity index (χ4v) is 1.55. The fraction of sp³-hybridized carbons (Fsp3) is 0.727. The summed E-state index contributed by atoms with van der Waals surface area (Å²) < 4.78 is 1.58.